The van der Waals surface area contributed by atoms with Crippen molar-refractivity contribution in [3.05, 3.63) is 0 Å². The van der Waals surface area contributed by atoms with Crippen molar-refractivity contribution in [2.45, 2.75) is 25.7 Å². The Hall–Kier alpha value is -0.620. The van der Waals surface area contributed by atoms with E-state index >= 15 is 0 Å². The van der Waals surface area contributed by atoms with Crippen molar-refractivity contribution < 1.29 is 13.3 Å². The van der Waals surface area contributed by atoms with Gasteiger partial charge in [-0.15, -0.1) is 0 Å². The minimum absolute atomic E-state index is 0.188. The molecule has 0 amide bonds. The van der Waals surface area contributed by atoms with Crippen LogP contribution in [0.3, 0.4) is 0 Å². The molecule has 1 saturated carbocycles. The van der Waals surface area contributed by atoms with Crippen LogP contribution in [-0.2, 0) is 14.9 Å². The monoisotopic (exact) mass is 234 g/mol. The van der Waals surface area contributed by atoms with Crippen LogP contribution in [0.5, 0.6) is 0 Å². The Morgan fingerprint density at radius 2 is 2.27 bits per heavy atom. The molecule has 1 aliphatic carbocycles. The third-order valence-electron chi connectivity index (χ3n) is 2.51. The van der Waals surface area contributed by atoms with E-state index in [1.807, 2.05) is 0 Å². The van der Waals surface area contributed by atoms with Gasteiger partial charge in [0.1, 0.15) is 7.11 Å². The summed E-state index contributed by atoms with van der Waals surface area (Å²) in [6.07, 6.45) is 5.29. The van der Waals surface area contributed by atoms with Crippen molar-refractivity contribution in [2.75, 3.05) is 19.9 Å². The second kappa shape index (κ2) is 5.46. The number of oxime groups is 1. The average molecular weight is 234 g/mol. The lowest BCUT2D eigenvalue weighted by molar-refractivity contribution is 0.208. The molecule has 6 heteroatoms. The van der Waals surface area contributed by atoms with Gasteiger partial charge < -0.3 is 4.84 Å². The van der Waals surface area contributed by atoms with Gasteiger partial charge in [-0.3, -0.25) is 0 Å². The first kappa shape index (κ1) is 12.4. The van der Waals surface area contributed by atoms with Crippen LogP contribution in [0.1, 0.15) is 25.7 Å². The quantitative estimate of drug-likeness (QED) is 0.729. The number of nitrogens with one attached hydrogen (secondary N) is 1. The molecular formula is C9H18N2O3S. The molecule has 0 heterocycles. The average Bonchev–Trinajstić information content (AvgIpc) is 2.16. The van der Waals surface area contributed by atoms with Crippen LogP contribution in [-0.4, -0.2) is 34.0 Å². The third kappa shape index (κ3) is 4.61. The minimum Gasteiger partial charge on any atom is -0.399 e. The lowest BCUT2D eigenvalue weighted by Gasteiger charge is -2.23. The highest BCUT2D eigenvalue weighted by Gasteiger charge is 2.21. The van der Waals surface area contributed by atoms with Crippen molar-refractivity contribution in [2.24, 2.45) is 11.1 Å². The Morgan fingerprint density at radius 1 is 1.53 bits per heavy atom. The topological polar surface area (TPSA) is 67.8 Å². The summed E-state index contributed by atoms with van der Waals surface area (Å²) in [5.74, 6) is 0.188. The summed E-state index contributed by atoms with van der Waals surface area (Å²) in [7, 11) is -1.59. The Bertz CT molecular complexity index is 324. The van der Waals surface area contributed by atoms with Crippen LogP contribution in [0.2, 0.25) is 0 Å². The van der Waals surface area contributed by atoms with Crippen molar-refractivity contribution >= 4 is 15.7 Å². The zero-order chi connectivity index (χ0) is 11.3. The fourth-order valence-corrected chi connectivity index (χ4v) is 2.28. The first-order valence-electron chi connectivity index (χ1n) is 5.07. The molecule has 1 N–H and O–H groups in total. The van der Waals surface area contributed by atoms with Gasteiger partial charge in [0.25, 0.3) is 0 Å². The highest BCUT2D eigenvalue weighted by Crippen LogP contribution is 2.21. The van der Waals surface area contributed by atoms with Crippen LogP contribution in [0, 0.1) is 5.92 Å². The Labute approximate surface area is 90.9 Å². The van der Waals surface area contributed by atoms with Gasteiger partial charge in [0, 0.05) is 12.5 Å². The second-order valence-electron chi connectivity index (χ2n) is 3.83. The van der Waals surface area contributed by atoms with Crippen molar-refractivity contribution in [3.63, 3.8) is 0 Å². The summed E-state index contributed by atoms with van der Waals surface area (Å²) in [4.78, 5) is 4.75. The predicted molar refractivity (Wildman–Crippen MR) is 59.2 cm³/mol. The fourth-order valence-electron chi connectivity index (χ4n) is 1.78. The SMILES string of the molecule is CO/N=C1/CCCC[C@H]1CNS(C)(=O)=O. The summed E-state index contributed by atoms with van der Waals surface area (Å²) in [6.45, 7) is 0.432. The smallest absolute Gasteiger partial charge is 0.208 e. The van der Waals surface area contributed by atoms with E-state index < -0.39 is 10.0 Å². The summed E-state index contributed by atoms with van der Waals surface area (Å²) in [6, 6.07) is 0. The van der Waals surface area contributed by atoms with E-state index in [1.54, 1.807) is 0 Å². The van der Waals surface area contributed by atoms with Gasteiger partial charge >= 0.3 is 0 Å². The van der Waals surface area contributed by atoms with Gasteiger partial charge in [-0.1, -0.05) is 11.6 Å². The largest absolute Gasteiger partial charge is 0.399 e. The number of rotatable bonds is 4. The number of sulfonamides is 1. The van der Waals surface area contributed by atoms with Crippen LogP contribution in [0.15, 0.2) is 5.16 Å². The van der Waals surface area contributed by atoms with Crippen LogP contribution >= 0.6 is 0 Å². The highest BCUT2D eigenvalue weighted by molar-refractivity contribution is 7.88. The number of hydrogen-bond acceptors (Lipinski definition) is 4. The van der Waals surface area contributed by atoms with Crippen molar-refractivity contribution in [3.8, 4) is 0 Å². The van der Waals surface area contributed by atoms with E-state index in [0.29, 0.717) is 6.54 Å². The molecule has 1 rings (SSSR count). The maximum atomic E-state index is 11.0. The summed E-state index contributed by atoms with van der Waals surface area (Å²) in [5.41, 5.74) is 0.972. The van der Waals surface area contributed by atoms with Gasteiger partial charge in [0.05, 0.1) is 12.0 Å². The molecule has 0 unspecified atom stereocenters. The lowest BCUT2D eigenvalue weighted by Crippen LogP contribution is -2.34. The lowest BCUT2D eigenvalue weighted by atomic mass is 9.87. The van der Waals surface area contributed by atoms with E-state index in [4.69, 9.17) is 4.84 Å². The molecule has 0 aromatic rings. The fraction of sp³-hybridized carbons (Fsp3) is 0.889. The summed E-state index contributed by atoms with van der Waals surface area (Å²) >= 11 is 0. The van der Waals surface area contributed by atoms with Gasteiger partial charge in [-0.25, -0.2) is 13.1 Å². The number of nitrogens with zero attached hydrogens (tertiary/aromatic N) is 1. The third-order valence-corrected chi connectivity index (χ3v) is 3.20. The van der Waals surface area contributed by atoms with E-state index in [2.05, 4.69) is 9.88 Å². The van der Waals surface area contributed by atoms with E-state index in [9.17, 15) is 8.42 Å². The molecule has 5 nitrogen and oxygen atoms in total. The summed E-state index contributed by atoms with van der Waals surface area (Å²) in [5, 5.41) is 3.95. The normalized spacial score (nSPS) is 25.5. The zero-order valence-electron chi connectivity index (χ0n) is 9.19. The van der Waals surface area contributed by atoms with Crippen molar-refractivity contribution in [1.82, 2.24) is 4.72 Å². The van der Waals surface area contributed by atoms with Crippen LogP contribution < -0.4 is 4.72 Å². The van der Waals surface area contributed by atoms with Crippen molar-refractivity contribution in [1.29, 1.82) is 0 Å². The van der Waals surface area contributed by atoms with Gasteiger partial charge in [0.2, 0.25) is 10.0 Å². The predicted octanol–water partition coefficient (Wildman–Crippen LogP) is 0.728. The molecule has 1 fully saturated rings. The van der Waals surface area contributed by atoms with E-state index in [1.165, 1.54) is 13.4 Å². The highest BCUT2D eigenvalue weighted by atomic mass is 32.2. The Balaban J connectivity index is 2.54. The maximum Gasteiger partial charge on any atom is 0.208 e. The second-order valence-corrected chi connectivity index (χ2v) is 5.66. The molecule has 0 aliphatic heterocycles. The molecule has 1 atom stereocenters. The minimum atomic E-state index is -3.11. The zero-order valence-corrected chi connectivity index (χ0v) is 10.0. The Morgan fingerprint density at radius 3 is 2.87 bits per heavy atom. The van der Waals surface area contributed by atoms with E-state index in [-0.39, 0.29) is 5.92 Å². The molecule has 0 saturated heterocycles. The molecule has 15 heavy (non-hydrogen) atoms. The molecule has 0 bridgehead atoms. The molecule has 1 aliphatic rings. The molecule has 0 aromatic carbocycles. The first-order valence-corrected chi connectivity index (χ1v) is 6.96. The number of hydrogen-bond donors (Lipinski definition) is 1. The van der Waals surface area contributed by atoms with Crippen LogP contribution in [0.25, 0.3) is 0 Å². The molecular weight excluding hydrogens is 216 g/mol. The first-order chi connectivity index (χ1) is 7.03. The summed E-state index contributed by atoms with van der Waals surface area (Å²) < 4.78 is 24.4. The Kier molecular flexibility index (Phi) is 4.53. The van der Waals surface area contributed by atoms with Gasteiger partial charge in [-0.2, -0.15) is 0 Å². The molecule has 0 aromatic heterocycles. The van der Waals surface area contributed by atoms with E-state index in [0.717, 1.165) is 31.4 Å². The van der Waals surface area contributed by atoms with Gasteiger partial charge in [-0.05, 0) is 19.3 Å². The standard InChI is InChI=1S/C9H18N2O3S/c1-14-11-9-6-4-3-5-8(9)7-10-15(2,12)13/h8,10H,3-7H2,1-2H3/b11-9-/t8-/m0/s1. The van der Waals surface area contributed by atoms with Crippen LogP contribution in [0.4, 0.5) is 0 Å². The van der Waals surface area contributed by atoms with Gasteiger partial charge in [0.15, 0.2) is 0 Å². The molecule has 0 spiro atoms. The molecule has 0 radical (unpaired) electrons. The molecule has 88 valence electrons. The maximum absolute atomic E-state index is 11.0.